The SMILES string of the molecule is CNc1cccc(C(=O)NCCCC(N)=O)c1[N+](=O)[O-]. The zero-order valence-electron chi connectivity index (χ0n) is 11.0. The second-order valence-corrected chi connectivity index (χ2v) is 4.03. The van der Waals surface area contributed by atoms with E-state index in [1.54, 1.807) is 6.07 Å². The van der Waals surface area contributed by atoms with E-state index in [1.165, 1.54) is 19.2 Å². The van der Waals surface area contributed by atoms with E-state index in [1.807, 2.05) is 0 Å². The number of nitrogens with zero attached hydrogens (tertiary/aromatic N) is 1. The van der Waals surface area contributed by atoms with Crippen molar-refractivity contribution < 1.29 is 14.5 Å². The van der Waals surface area contributed by atoms with Gasteiger partial charge in [0.05, 0.1) is 4.92 Å². The van der Waals surface area contributed by atoms with E-state index in [0.29, 0.717) is 6.42 Å². The summed E-state index contributed by atoms with van der Waals surface area (Å²) >= 11 is 0. The molecular formula is C12H16N4O4. The number of hydrogen-bond donors (Lipinski definition) is 3. The van der Waals surface area contributed by atoms with Crippen LogP contribution in [0.3, 0.4) is 0 Å². The molecule has 0 spiro atoms. The van der Waals surface area contributed by atoms with Crippen molar-refractivity contribution in [2.24, 2.45) is 5.73 Å². The van der Waals surface area contributed by atoms with Gasteiger partial charge in [0.1, 0.15) is 11.3 Å². The fourth-order valence-electron chi connectivity index (χ4n) is 1.68. The molecule has 0 heterocycles. The lowest BCUT2D eigenvalue weighted by atomic mass is 10.1. The molecule has 0 saturated carbocycles. The van der Waals surface area contributed by atoms with E-state index in [-0.39, 0.29) is 29.9 Å². The number of primary amides is 1. The average molecular weight is 280 g/mol. The van der Waals surface area contributed by atoms with Crippen molar-refractivity contribution in [2.45, 2.75) is 12.8 Å². The van der Waals surface area contributed by atoms with Gasteiger partial charge in [0.2, 0.25) is 5.91 Å². The molecule has 108 valence electrons. The predicted octanol–water partition coefficient (Wildman–Crippen LogP) is 0.632. The summed E-state index contributed by atoms with van der Waals surface area (Å²) in [5.74, 6) is -1.01. The van der Waals surface area contributed by atoms with E-state index in [4.69, 9.17) is 5.73 Å². The molecule has 0 aliphatic rings. The van der Waals surface area contributed by atoms with Crippen LogP contribution in [0.1, 0.15) is 23.2 Å². The Balaban J connectivity index is 2.82. The highest BCUT2D eigenvalue weighted by Gasteiger charge is 2.23. The van der Waals surface area contributed by atoms with Crippen LogP contribution in [0.2, 0.25) is 0 Å². The molecule has 8 heteroatoms. The molecular weight excluding hydrogens is 264 g/mol. The van der Waals surface area contributed by atoms with Gasteiger partial charge >= 0.3 is 5.69 Å². The van der Waals surface area contributed by atoms with E-state index in [9.17, 15) is 19.7 Å². The first-order valence-corrected chi connectivity index (χ1v) is 5.99. The summed E-state index contributed by atoms with van der Waals surface area (Å²) in [7, 11) is 1.54. The highest BCUT2D eigenvalue weighted by Crippen LogP contribution is 2.28. The molecule has 0 saturated heterocycles. The topological polar surface area (TPSA) is 127 Å². The van der Waals surface area contributed by atoms with Crippen molar-refractivity contribution in [2.75, 3.05) is 18.9 Å². The first kappa shape index (κ1) is 15.4. The number of nitro benzene ring substituents is 1. The fourth-order valence-corrected chi connectivity index (χ4v) is 1.68. The van der Waals surface area contributed by atoms with Gasteiger partial charge in [-0.2, -0.15) is 0 Å². The number of nitrogens with two attached hydrogens (primary N) is 1. The standard InChI is InChI=1S/C12H16N4O4/c1-14-9-5-2-4-8(11(9)16(19)20)12(18)15-7-3-6-10(13)17/h2,4-5,14H,3,6-7H2,1H3,(H2,13,17)(H,15,18). The van der Waals surface area contributed by atoms with Gasteiger partial charge < -0.3 is 16.4 Å². The Labute approximate surface area is 115 Å². The number of carbonyl (C=O) groups excluding carboxylic acids is 2. The lowest BCUT2D eigenvalue weighted by Crippen LogP contribution is -2.26. The molecule has 0 aliphatic carbocycles. The number of anilines is 1. The van der Waals surface area contributed by atoms with E-state index >= 15 is 0 Å². The smallest absolute Gasteiger partial charge is 0.305 e. The van der Waals surface area contributed by atoms with Crippen LogP contribution >= 0.6 is 0 Å². The highest BCUT2D eigenvalue weighted by atomic mass is 16.6. The van der Waals surface area contributed by atoms with Crippen molar-refractivity contribution >= 4 is 23.2 Å². The monoisotopic (exact) mass is 280 g/mol. The van der Waals surface area contributed by atoms with Gasteiger partial charge in [0.15, 0.2) is 0 Å². The molecule has 0 aliphatic heterocycles. The Morgan fingerprint density at radius 2 is 2.10 bits per heavy atom. The maximum atomic E-state index is 11.9. The third-order valence-electron chi connectivity index (χ3n) is 2.62. The molecule has 0 atom stereocenters. The molecule has 1 rings (SSSR count). The van der Waals surface area contributed by atoms with Crippen molar-refractivity contribution in [3.05, 3.63) is 33.9 Å². The molecule has 8 nitrogen and oxygen atoms in total. The molecule has 0 bridgehead atoms. The van der Waals surface area contributed by atoms with Crippen LogP contribution in [0.25, 0.3) is 0 Å². The van der Waals surface area contributed by atoms with Crippen LogP contribution in [0.5, 0.6) is 0 Å². The van der Waals surface area contributed by atoms with E-state index < -0.39 is 16.7 Å². The van der Waals surface area contributed by atoms with Crippen LogP contribution in [-0.4, -0.2) is 30.3 Å². The minimum atomic E-state index is -0.607. The molecule has 0 fully saturated rings. The van der Waals surface area contributed by atoms with Gasteiger partial charge in [-0.15, -0.1) is 0 Å². The summed E-state index contributed by atoms with van der Waals surface area (Å²) in [5.41, 5.74) is 4.93. The predicted molar refractivity (Wildman–Crippen MR) is 73.4 cm³/mol. The van der Waals surface area contributed by atoms with Gasteiger partial charge in [-0.3, -0.25) is 19.7 Å². The van der Waals surface area contributed by atoms with Crippen LogP contribution in [0.15, 0.2) is 18.2 Å². The number of rotatable bonds is 7. The maximum absolute atomic E-state index is 11.9. The number of amides is 2. The summed E-state index contributed by atoms with van der Waals surface area (Å²) in [5, 5.41) is 16.2. The molecule has 1 aromatic carbocycles. The lowest BCUT2D eigenvalue weighted by molar-refractivity contribution is -0.384. The quantitative estimate of drug-likeness (QED) is 0.383. The Bertz CT molecular complexity index is 530. The Morgan fingerprint density at radius 3 is 2.65 bits per heavy atom. The molecule has 2 amide bonds. The largest absolute Gasteiger partial charge is 0.383 e. The number of benzene rings is 1. The number of hydrogen-bond acceptors (Lipinski definition) is 5. The molecule has 0 unspecified atom stereocenters. The molecule has 20 heavy (non-hydrogen) atoms. The Kier molecular flexibility index (Phi) is 5.45. The number of nitrogens with one attached hydrogen (secondary N) is 2. The molecule has 0 radical (unpaired) electrons. The molecule has 1 aromatic rings. The number of carbonyl (C=O) groups is 2. The summed E-state index contributed by atoms with van der Waals surface area (Å²) in [6.45, 7) is 0.225. The molecule has 4 N–H and O–H groups in total. The van der Waals surface area contributed by atoms with Crippen LogP contribution in [-0.2, 0) is 4.79 Å². The van der Waals surface area contributed by atoms with Gasteiger partial charge in [-0.05, 0) is 18.6 Å². The second kappa shape index (κ2) is 7.07. The van der Waals surface area contributed by atoms with Crippen molar-refractivity contribution in [1.82, 2.24) is 5.32 Å². The number of para-hydroxylation sites is 1. The minimum Gasteiger partial charge on any atom is -0.383 e. The summed E-state index contributed by atoms with van der Waals surface area (Å²) in [6, 6.07) is 4.45. The normalized spacial score (nSPS) is 9.85. The average Bonchev–Trinajstić information content (AvgIpc) is 2.41. The zero-order chi connectivity index (χ0) is 15.1. The lowest BCUT2D eigenvalue weighted by Gasteiger charge is -2.08. The van der Waals surface area contributed by atoms with E-state index in [2.05, 4.69) is 10.6 Å². The van der Waals surface area contributed by atoms with Crippen molar-refractivity contribution in [3.63, 3.8) is 0 Å². The van der Waals surface area contributed by atoms with Crippen LogP contribution in [0, 0.1) is 10.1 Å². The highest BCUT2D eigenvalue weighted by molar-refractivity contribution is 6.00. The van der Waals surface area contributed by atoms with E-state index in [0.717, 1.165) is 0 Å². The summed E-state index contributed by atoms with van der Waals surface area (Å²) in [6.07, 6.45) is 0.541. The van der Waals surface area contributed by atoms with Gasteiger partial charge in [0.25, 0.3) is 5.91 Å². The fraction of sp³-hybridized carbons (Fsp3) is 0.333. The van der Waals surface area contributed by atoms with Gasteiger partial charge in [-0.25, -0.2) is 0 Å². The Morgan fingerprint density at radius 1 is 1.40 bits per heavy atom. The van der Waals surface area contributed by atoms with Crippen molar-refractivity contribution in [1.29, 1.82) is 0 Å². The van der Waals surface area contributed by atoms with Crippen LogP contribution < -0.4 is 16.4 Å². The van der Waals surface area contributed by atoms with Gasteiger partial charge in [-0.1, -0.05) is 6.07 Å². The summed E-state index contributed by atoms with van der Waals surface area (Å²) < 4.78 is 0. The minimum absolute atomic E-state index is 0.0269. The second-order valence-electron chi connectivity index (χ2n) is 4.03. The Hall–Kier alpha value is -2.64. The molecule has 0 aromatic heterocycles. The van der Waals surface area contributed by atoms with Crippen LogP contribution in [0.4, 0.5) is 11.4 Å². The third-order valence-corrected chi connectivity index (χ3v) is 2.62. The van der Waals surface area contributed by atoms with Gasteiger partial charge in [0, 0.05) is 20.0 Å². The first-order chi connectivity index (χ1) is 9.47. The maximum Gasteiger partial charge on any atom is 0.305 e. The summed E-state index contributed by atoms with van der Waals surface area (Å²) in [4.78, 5) is 32.9. The third kappa shape index (κ3) is 3.94. The van der Waals surface area contributed by atoms with Crippen molar-refractivity contribution in [3.8, 4) is 0 Å². The number of nitro groups is 1. The zero-order valence-corrected chi connectivity index (χ0v) is 11.0. The first-order valence-electron chi connectivity index (χ1n) is 5.99.